The summed E-state index contributed by atoms with van der Waals surface area (Å²) in [4.78, 5) is 14.1. The summed E-state index contributed by atoms with van der Waals surface area (Å²) in [7, 11) is 0. The van der Waals surface area contributed by atoms with E-state index in [1.807, 2.05) is 39.0 Å². The van der Waals surface area contributed by atoms with E-state index in [4.69, 9.17) is 9.47 Å². The first-order valence-corrected chi connectivity index (χ1v) is 10.5. The molecule has 0 bridgehead atoms. The van der Waals surface area contributed by atoms with Crippen LogP contribution in [0.1, 0.15) is 49.7 Å². The van der Waals surface area contributed by atoms with Crippen LogP contribution in [0.3, 0.4) is 0 Å². The van der Waals surface area contributed by atoms with Crippen molar-refractivity contribution in [3.63, 3.8) is 0 Å². The van der Waals surface area contributed by atoms with Crippen LogP contribution >= 0.6 is 15.9 Å². The van der Waals surface area contributed by atoms with Gasteiger partial charge >= 0.3 is 5.97 Å². The minimum atomic E-state index is -0.442. The van der Waals surface area contributed by atoms with Gasteiger partial charge in [-0.05, 0) is 56.2 Å². The molecule has 0 saturated heterocycles. The van der Waals surface area contributed by atoms with Gasteiger partial charge in [0.05, 0.1) is 6.61 Å². The molecule has 0 amide bonds. The van der Waals surface area contributed by atoms with E-state index in [0.29, 0.717) is 25.6 Å². The molecule has 6 nitrogen and oxygen atoms in total. The maximum atomic E-state index is 12.0. The molecule has 29 heavy (non-hydrogen) atoms. The third-order valence-electron chi connectivity index (χ3n) is 4.15. The van der Waals surface area contributed by atoms with Gasteiger partial charge in [-0.3, -0.25) is 0 Å². The number of hydrogen-bond acceptors (Lipinski definition) is 6. The maximum absolute atomic E-state index is 12.0. The lowest BCUT2D eigenvalue weighted by molar-refractivity contribution is 0.0491. The number of esters is 1. The first-order valence-electron chi connectivity index (χ1n) is 9.76. The Morgan fingerprint density at radius 2 is 2.00 bits per heavy atom. The van der Waals surface area contributed by atoms with Gasteiger partial charge in [0.2, 0.25) is 0 Å². The van der Waals surface area contributed by atoms with Crippen LogP contribution in [-0.4, -0.2) is 35.9 Å². The van der Waals surface area contributed by atoms with Crippen LogP contribution in [0, 0.1) is 0 Å². The SMILES string of the molecule is C=C(C)COc1ccc(Br)cc1CN(CC)c1ccc(C(=O)OCCCC)nn1. The fraction of sp³-hybridized carbons (Fsp3) is 0.409. The van der Waals surface area contributed by atoms with Gasteiger partial charge in [-0.15, -0.1) is 10.2 Å². The quantitative estimate of drug-likeness (QED) is 0.261. The molecule has 0 fully saturated rings. The van der Waals surface area contributed by atoms with Crippen LogP contribution in [0.5, 0.6) is 5.75 Å². The summed E-state index contributed by atoms with van der Waals surface area (Å²) in [5.41, 5.74) is 2.19. The number of benzene rings is 1. The molecule has 0 aliphatic heterocycles. The summed E-state index contributed by atoms with van der Waals surface area (Å²) in [6.45, 7) is 12.1. The molecule has 0 radical (unpaired) electrons. The van der Waals surface area contributed by atoms with Gasteiger partial charge in [0.1, 0.15) is 12.4 Å². The molecule has 0 aliphatic carbocycles. The second-order valence-electron chi connectivity index (χ2n) is 6.78. The second-order valence-corrected chi connectivity index (χ2v) is 7.69. The summed E-state index contributed by atoms with van der Waals surface area (Å²) in [5, 5.41) is 8.28. The Labute approximate surface area is 181 Å². The molecule has 0 saturated carbocycles. The van der Waals surface area contributed by atoms with E-state index in [-0.39, 0.29) is 5.69 Å². The summed E-state index contributed by atoms with van der Waals surface area (Å²) in [5.74, 6) is 1.05. The summed E-state index contributed by atoms with van der Waals surface area (Å²) in [6.07, 6.45) is 1.81. The summed E-state index contributed by atoms with van der Waals surface area (Å²) >= 11 is 3.52. The zero-order valence-corrected chi connectivity index (χ0v) is 18.9. The highest BCUT2D eigenvalue weighted by Crippen LogP contribution is 2.26. The van der Waals surface area contributed by atoms with Crippen molar-refractivity contribution in [2.75, 3.05) is 24.7 Å². The van der Waals surface area contributed by atoms with Crippen molar-refractivity contribution >= 4 is 27.7 Å². The van der Waals surface area contributed by atoms with Crippen molar-refractivity contribution in [2.45, 2.75) is 40.2 Å². The van der Waals surface area contributed by atoms with Gasteiger partial charge in [-0.2, -0.15) is 0 Å². The van der Waals surface area contributed by atoms with Gasteiger partial charge in [0.25, 0.3) is 0 Å². The minimum Gasteiger partial charge on any atom is -0.489 e. The lowest BCUT2D eigenvalue weighted by Crippen LogP contribution is -2.24. The van der Waals surface area contributed by atoms with Crippen molar-refractivity contribution in [1.29, 1.82) is 0 Å². The van der Waals surface area contributed by atoms with E-state index in [0.717, 1.165) is 40.7 Å². The van der Waals surface area contributed by atoms with Crippen molar-refractivity contribution in [1.82, 2.24) is 10.2 Å². The Hall–Kier alpha value is -2.41. The zero-order valence-electron chi connectivity index (χ0n) is 17.3. The van der Waals surface area contributed by atoms with Crippen LogP contribution in [0.4, 0.5) is 5.82 Å². The highest BCUT2D eigenvalue weighted by molar-refractivity contribution is 9.10. The van der Waals surface area contributed by atoms with Crippen molar-refractivity contribution in [3.05, 3.63) is 58.2 Å². The smallest absolute Gasteiger partial charge is 0.358 e. The normalized spacial score (nSPS) is 10.5. The van der Waals surface area contributed by atoms with E-state index < -0.39 is 5.97 Å². The van der Waals surface area contributed by atoms with E-state index in [1.165, 1.54) is 0 Å². The monoisotopic (exact) mass is 461 g/mol. The topological polar surface area (TPSA) is 64.5 Å². The Balaban J connectivity index is 2.13. The molecule has 0 unspecified atom stereocenters. The molecule has 1 aromatic heterocycles. The fourth-order valence-electron chi connectivity index (χ4n) is 2.56. The Morgan fingerprint density at radius 1 is 1.21 bits per heavy atom. The van der Waals surface area contributed by atoms with E-state index in [1.54, 1.807) is 12.1 Å². The molecular formula is C22H28BrN3O3. The third kappa shape index (κ3) is 7.16. The molecule has 2 aromatic rings. The van der Waals surface area contributed by atoms with Gasteiger partial charge in [-0.25, -0.2) is 4.79 Å². The number of carbonyl (C=O) groups is 1. The predicted octanol–water partition coefficient (Wildman–Crippen LogP) is 5.18. The fourth-order valence-corrected chi connectivity index (χ4v) is 2.97. The largest absolute Gasteiger partial charge is 0.489 e. The number of ether oxygens (including phenoxy) is 2. The van der Waals surface area contributed by atoms with Crippen LogP contribution in [0.15, 0.2) is 47.0 Å². The maximum Gasteiger partial charge on any atom is 0.358 e. The summed E-state index contributed by atoms with van der Waals surface area (Å²) < 4.78 is 12.0. The molecule has 0 spiro atoms. The third-order valence-corrected chi connectivity index (χ3v) is 4.65. The summed E-state index contributed by atoms with van der Waals surface area (Å²) in [6, 6.07) is 9.37. The van der Waals surface area contributed by atoms with Crippen LogP contribution in [-0.2, 0) is 11.3 Å². The number of aromatic nitrogens is 2. The highest BCUT2D eigenvalue weighted by Gasteiger charge is 2.15. The van der Waals surface area contributed by atoms with Crippen LogP contribution in [0.25, 0.3) is 0 Å². The van der Waals surface area contributed by atoms with E-state index in [9.17, 15) is 4.79 Å². The van der Waals surface area contributed by atoms with E-state index in [2.05, 4.69) is 37.6 Å². The Kier molecular flexibility index (Phi) is 9.12. The molecule has 2 rings (SSSR count). The molecule has 7 heteroatoms. The van der Waals surface area contributed by atoms with Gasteiger partial charge in [0.15, 0.2) is 11.5 Å². The van der Waals surface area contributed by atoms with Gasteiger partial charge in [0, 0.05) is 23.1 Å². The molecule has 1 heterocycles. The lowest BCUT2D eigenvalue weighted by Gasteiger charge is -2.23. The number of halogens is 1. The van der Waals surface area contributed by atoms with Gasteiger partial charge < -0.3 is 14.4 Å². The van der Waals surface area contributed by atoms with E-state index >= 15 is 0 Å². The highest BCUT2D eigenvalue weighted by atomic mass is 79.9. The zero-order chi connectivity index (χ0) is 21.2. The number of nitrogens with zero attached hydrogens (tertiary/aromatic N) is 3. The number of hydrogen-bond donors (Lipinski definition) is 0. The standard InChI is InChI=1S/C22H28BrN3O3/c1-5-7-12-28-22(27)19-9-11-21(25-24-19)26(6-2)14-17-13-18(23)8-10-20(17)29-15-16(3)4/h8-11,13H,3,5-7,12,14-15H2,1-2,4H3. The average molecular weight is 462 g/mol. The molecule has 1 aromatic carbocycles. The van der Waals surface area contributed by atoms with Crippen LogP contribution < -0.4 is 9.64 Å². The van der Waals surface area contributed by atoms with Crippen LogP contribution in [0.2, 0.25) is 0 Å². The first kappa shape index (κ1) is 22.9. The molecule has 156 valence electrons. The average Bonchev–Trinajstić information content (AvgIpc) is 2.71. The molecule has 0 N–H and O–H groups in total. The Bertz CT molecular complexity index is 825. The molecular weight excluding hydrogens is 434 g/mol. The number of anilines is 1. The predicted molar refractivity (Wildman–Crippen MR) is 118 cm³/mol. The van der Waals surface area contributed by atoms with Gasteiger partial charge in [-0.1, -0.05) is 35.9 Å². The molecule has 0 atom stereocenters. The number of carbonyl (C=O) groups excluding carboxylic acids is 1. The number of rotatable bonds is 11. The number of unbranched alkanes of at least 4 members (excludes halogenated alkanes) is 1. The Morgan fingerprint density at radius 3 is 2.62 bits per heavy atom. The van der Waals surface area contributed by atoms with Crippen molar-refractivity contribution < 1.29 is 14.3 Å². The van der Waals surface area contributed by atoms with Crippen molar-refractivity contribution in [3.8, 4) is 5.75 Å². The second kappa shape index (κ2) is 11.6. The lowest BCUT2D eigenvalue weighted by atomic mass is 10.2. The van der Waals surface area contributed by atoms with Crippen molar-refractivity contribution in [2.24, 2.45) is 0 Å². The molecule has 0 aliphatic rings. The minimum absolute atomic E-state index is 0.217. The first-order chi connectivity index (χ1) is 13.9.